The van der Waals surface area contributed by atoms with Crippen molar-refractivity contribution in [3.05, 3.63) is 94.6 Å². The van der Waals surface area contributed by atoms with Crippen LogP contribution in [-0.2, 0) is 10.8 Å². The summed E-state index contributed by atoms with van der Waals surface area (Å²) in [6, 6.07) is 27.8. The van der Waals surface area contributed by atoms with Gasteiger partial charge in [0.1, 0.15) is 10.8 Å². The lowest BCUT2D eigenvalue weighted by atomic mass is 9.29. The fraction of sp³-hybridized carbons (Fsp3) is 0.310. The summed E-state index contributed by atoms with van der Waals surface area (Å²) < 4.78 is 0. The lowest BCUT2D eigenvalue weighted by Crippen LogP contribution is -2.72. The molecule has 0 radical (unpaired) electrons. The molecule has 33 heavy (non-hydrogen) atoms. The fourth-order valence-corrected chi connectivity index (χ4v) is 7.61. The minimum absolute atomic E-state index is 0.106. The maximum Gasteiger partial charge on any atom is 0.114 e. The van der Waals surface area contributed by atoms with Gasteiger partial charge in [-0.05, 0) is 34.6 Å². The summed E-state index contributed by atoms with van der Waals surface area (Å²) in [6.07, 6.45) is 4.80. The molecule has 1 spiro atoms. The van der Waals surface area contributed by atoms with Gasteiger partial charge in [0, 0.05) is 5.92 Å². The Balaban J connectivity index is 1.80. The highest BCUT2D eigenvalue weighted by molar-refractivity contribution is 5.74. The Hall–Kier alpha value is -4.12. The average molecular weight is 425 g/mol. The van der Waals surface area contributed by atoms with Crippen LogP contribution in [0.3, 0.4) is 0 Å². The first kappa shape index (κ1) is 19.6. The zero-order valence-corrected chi connectivity index (χ0v) is 18.2. The number of rotatable bonds is 1. The maximum absolute atomic E-state index is 11.0. The minimum atomic E-state index is -1.18. The molecule has 1 saturated carbocycles. The predicted octanol–water partition coefficient (Wildman–Crippen LogP) is 5.19. The van der Waals surface area contributed by atoms with Gasteiger partial charge in [-0.15, -0.1) is 0 Å². The Kier molecular flexibility index (Phi) is 3.69. The van der Waals surface area contributed by atoms with Crippen LogP contribution in [0.2, 0.25) is 0 Å². The molecule has 156 valence electrons. The van der Waals surface area contributed by atoms with Crippen LogP contribution in [-0.4, -0.2) is 0 Å². The van der Waals surface area contributed by atoms with Gasteiger partial charge in [0.25, 0.3) is 0 Å². The summed E-state index contributed by atoms with van der Waals surface area (Å²) in [7, 11) is 0. The molecule has 1 fully saturated rings. The van der Waals surface area contributed by atoms with E-state index in [-0.39, 0.29) is 11.8 Å². The van der Waals surface area contributed by atoms with E-state index in [0.29, 0.717) is 6.42 Å². The van der Waals surface area contributed by atoms with Gasteiger partial charge < -0.3 is 0 Å². The Morgan fingerprint density at radius 1 is 0.818 bits per heavy atom. The molecule has 7 atom stereocenters. The SMILES string of the molecule is C[C@@H]1C=C[C@@]23C4=C1C[C@@H](c1ccccc1)[C@@]4(C#N)c1ccccc1[C@]2(C#N)[C@H](C#N)[C@H]3C#N. The summed E-state index contributed by atoms with van der Waals surface area (Å²) in [5, 5.41) is 42.1. The molecule has 0 saturated heterocycles. The van der Waals surface area contributed by atoms with Gasteiger partial charge in [-0.25, -0.2) is 0 Å². The molecule has 0 aromatic heterocycles. The van der Waals surface area contributed by atoms with Crippen molar-refractivity contribution in [3.8, 4) is 24.3 Å². The van der Waals surface area contributed by atoms with Crippen LogP contribution in [0.15, 0.2) is 77.9 Å². The molecule has 6 rings (SSSR count). The van der Waals surface area contributed by atoms with Crippen LogP contribution in [0.25, 0.3) is 0 Å². The second-order valence-electron chi connectivity index (χ2n) is 9.68. The lowest BCUT2D eigenvalue weighted by molar-refractivity contribution is -0.00694. The van der Waals surface area contributed by atoms with Crippen LogP contribution in [0.4, 0.5) is 0 Å². The van der Waals surface area contributed by atoms with Crippen LogP contribution in [0, 0.1) is 68.5 Å². The van der Waals surface area contributed by atoms with E-state index in [4.69, 9.17) is 0 Å². The van der Waals surface area contributed by atoms with Crippen molar-refractivity contribution in [1.29, 1.82) is 21.0 Å². The van der Waals surface area contributed by atoms with E-state index >= 15 is 0 Å². The second-order valence-corrected chi connectivity index (χ2v) is 9.68. The van der Waals surface area contributed by atoms with Crippen molar-refractivity contribution in [2.45, 2.75) is 30.1 Å². The van der Waals surface area contributed by atoms with E-state index in [1.165, 1.54) is 0 Å². The molecule has 2 aromatic rings. The molecule has 0 bridgehead atoms. The van der Waals surface area contributed by atoms with Crippen molar-refractivity contribution < 1.29 is 0 Å². The molecule has 4 aliphatic rings. The molecule has 0 N–H and O–H groups in total. The topological polar surface area (TPSA) is 95.2 Å². The number of nitrogens with zero attached hydrogens (tertiary/aromatic N) is 4. The van der Waals surface area contributed by atoms with Gasteiger partial charge >= 0.3 is 0 Å². The first-order valence-electron chi connectivity index (χ1n) is 11.3. The molecule has 4 heteroatoms. The highest BCUT2D eigenvalue weighted by Crippen LogP contribution is 2.79. The van der Waals surface area contributed by atoms with Gasteiger partial charge in [-0.1, -0.05) is 79.2 Å². The molecule has 0 amide bonds. The van der Waals surface area contributed by atoms with Crippen molar-refractivity contribution in [3.63, 3.8) is 0 Å². The average Bonchev–Trinajstić information content (AvgIpc) is 3.22. The Morgan fingerprint density at radius 3 is 2.12 bits per heavy atom. The highest BCUT2D eigenvalue weighted by Gasteiger charge is 2.81. The molecule has 4 aliphatic carbocycles. The van der Waals surface area contributed by atoms with Crippen molar-refractivity contribution in [2.75, 3.05) is 0 Å². The summed E-state index contributed by atoms with van der Waals surface area (Å²) in [4.78, 5) is 0. The standard InChI is InChI=1S/C29H20N4/c1-18-11-12-28-24(14-30)25(15-31)29(28,17-33)22-10-6-5-9-21(22)27(16-32)23(13-20(18)26(27)28)19-7-3-2-4-8-19/h2-12,18,23-25H,13H2,1H3/t18-,23+,24-,25-,27-,28-,29-/m1/s1. The number of hydrogen-bond donors (Lipinski definition) is 0. The van der Waals surface area contributed by atoms with Crippen LogP contribution in [0.5, 0.6) is 0 Å². The Labute approximate surface area is 193 Å². The van der Waals surface area contributed by atoms with E-state index in [1.807, 2.05) is 48.5 Å². The van der Waals surface area contributed by atoms with Gasteiger partial charge in [-0.2, -0.15) is 21.0 Å². The number of hydrogen-bond acceptors (Lipinski definition) is 4. The summed E-state index contributed by atoms with van der Waals surface area (Å²) in [5.74, 6) is -1.44. The zero-order chi connectivity index (χ0) is 23.0. The van der Waals surface area contributed by atoms with E-state index in [1.54, 1.807) is 0 Å². The Morgan fingerprint density at radius 2 is 1.48 bits per heavy atom. The maximum atomic E-state index is 11.0. The van der Waals surface area contributed by atoms with E-state index in [9.17, 15) is 21.0 Å². The third kappa shape index (κ3) is 1.80. The van der Waals surface area contributed by atoms with E-state index in [2.05, 4.69) is 49.4 Å². The van der Waals surface area contributed by atoms with E-state index < -0.39 is 28.1 Å². The minimum Gasteiger partial charge on any atom is -0.198 e. The number of nitriles is 4. The fourth-order valence-electron chi connectivity index (χ4n) is 7.61. The van der Waals surface area contributed by atoms with Crippen LogP contribution >= 0.6 is 0 Å². The largest absolute Gasteiger partial charge is 0.198 e. The first-order chi connectivity index (χ1) is 16.1. The molecule has 2 aromatic carbocycles. The monoisotopic (exact) mass is 424 g/mol. The molecule has 4 nitrogen and oxygen atoms in total. The van der Waals surface area contributed by atoms with Gasteiger partial charge in [0.05, 0.1) is 41.5 Å². The molecule has 0 heterocycles. The summed E-state index contributed by atoms with van der Waals surface area (Å²) in [6.45, 7) is 2.12. The summed E-state index contributed by atoms with van der Waals surface area (Å²) >= 11 is 0. The van der Waals surface area contributed by atoms with Gasteiger partial charge in [0.15, 0.2) is 0 Å². The molecular formula is C29H20N4. The molecule has 0 unspecified atom stereocenters. The smallest absolute Gasteiger partial charge is 0.114 e. The van der Waals surface area contributed by atoms with Crippen LogP contribution < -0.4 is 0 Å². The third-order valence-corrected chi connectivity index (χ3v) is 8.83. The zero-order valence-electron chi connectivity index (χ0n) is 18.2. The normalized spacial score (nSPS) is 38.9. The van der Waals surface area contributed by atoms with Crippen LogP contribution in [0.1, 0.15) is 36.0 Å². The van der Waals surface area contributed by atoms with Crippen molar-refractivity contribution >= 4 is 0 Å². The van der Waals surface area contributed by atoms with Crippen molar-refractivity contribution in [1.82, 2.24) is 0 Å². The summed E-state index contributed by atoms with van der Waals surface area (Å²) in [5.41, 5.74) is 1.58. The van der Waals surface area contributed by atoms with Gasteiger partial charge in [0.2, 0.25) is 0 Å². The van der Waals surface area contributed by atoms with Crippen molar-refractivity contribution in [2.24, 2.45) is 23.2 Å². The third-order valence-electron chi connectivity index (χ3n) is 8.83. The second kappa shape index (κ2) is 6.23. The number of benzene rings is 2. The first-order valence-corrected chi connectivity index (χ1v) is 11.3. The van der Waals surface area contributed by atoms with Gasteiger partial charge in [-0.3, -0.25) is 0 Å². The molecule has 0 aliphatic heterocycles. The predicted molar refractivity (Wildman–Crippen MR) is 121 cm³/mol. The number of allylic oxidation sites excluding steroid dienone is 4. The lowest BCUT2D eigenvalue weighted by Gasteiger charge is -2.67. The molecular weight excluding hydrogens is 404 g/mol. The Bertz CT molecular complexity index is 1440. The quantitative estimate of drug-likeness (QED) is 0.588. The highest BCUT2D eigenvalue weighted by atomic mass is 14.8. The van der Waals surface area contributed by atoms with E-state index in [0.717, 1.165) is 27.8 Å². The number of fused-ring (bicyclic) bond motifs is 3.